The zero-order chi connectivity index (χ0) is 16.6. The summed E-state index contributed by atoms with van der Waals surface area (Å²) in [6.45, 7) is 3.66. The monoisotopic (exact) mass is 323 g/mol. The lowest BCUT2D eigenvalue weighted by Crippen LogP contribution is -2.70. The van der Waals surface area contributed by atoms with Gasteiger partial charge in [0.15, 0.2) is 0 Å². The SMILES string of the molecule is CC=C1C[N+]2(C)C3CC1C(CO)C2Cc1c3n(C)c2ccccc12. The van der Waals surface area contributed by atoms with Gasteiger partial charge in [-0.05, 0) is 24.1 Å². The highest BCUT2D eigenvalue weighted by molar-refractivity contribution is 5.86. The second kappa shape index (κ2) is 4.74. The summed E-state index contributed by atoms with van der Waals surface area (Å²) >= 11 is 0. The number of hydrogen-bond acceptors (Lipinski definition) is 1. The van der Waals surface area contributed by atoms with Crippen LogP contribution in [-0.2, 0) is 13.5 Å². The minimum absolute atomic E-state index is 0.327. The number of benzene rings is 1. The van der Waals surface area contributed by atoms with Crippen LogP contribution in [0.4, 0.5) is 0 Å². The smallest absolute Gasteiger partial charge is 0.131 e. The zero-order valence-corrected chi connectivity index (χ0v) is 14.9. The Morgan fingerprint density at radius 2 is 2.12 bits per heavy atom. The van der Waals surface area contributed by atoms with Crippen molar-refractivity contribution in [1.82, 2.24) is 4.57 Å². The fraction of sp³-hybridized carbons (Fsp3) is 0.524. The molecule has 0 spiro atoms. The number of aromatic nitrogens is 1. The molecule has 4 aliphatic rings. The van der Waals surface area contributed by atoms with Gasteiger partial charge in [0.1, 0.15) is 12.6 Å². The molecule has 0 saturated carbocycles. The fourth-order valence-corrected chi connectivity index (χ4v) is 6.40. The van der Waals surface area contributed by atoms with Crippen LogP contribution in [0.15, 0.2) is 35.9 Å². The van der Waals surface area contributed by atoms with Crippen LogP contribution >= 0.6 is 0 Å². The maximum absolute atomic E-state index is 10.2. The number of aliphatic hydroxyl groups excluding tert-OH is 1. The molecule has 4 bridgehead atoms. The van der Waals surface area contributed by atoms with E-state index >= 15 is 0 Å². The van der Waals surface area contributed by atoms with Gasteiger partial charge in [-0.15, -0.1) is 0 Å². The third-order valence-corrected chi connectivity index (χ3v) is 7.53. The van der Waals surface area contributed by atoms with Gasteiger partial charge in [0.25, 0.3) is 0 Å². The summed E-state index contributed by atoms with van der Waals surface area (Å²) in [6.07, 6.45) is 4.62. The van der Waals surface area contributed by atoms with Crippen molar-refractivity contribution in [3.05, 3.63) is 47.2 Å². The van der Waals surface area contributed by atoms with E-state index in [1.165, 1.54) is 17.3 Å². The zero-order valence-electron chi connectivity index (χ0n) is 14.9. The van der Waals surface area contributed by atoms with Crippen molar-refractivity contribution in [2.45, 2.75) is 31.8 Å². The molecule has 5 atom stereocenters. The lowest BCUT2D eigenvalue weighted by Gasteiger charge is -2.63. The average molecular weight is 323 g/mol. The van der Waals surface area contributed by atoms with Crippen molar-refractivity contribution in [2.24, 2.45) is 18.9 Å². The molecule has 3 fully saturated rings. The first-order valence-corrected chi connectivity index (χ1v) is 9.27. The Hall–Kier alpha value is -1.58. The van der Waals surface area contributed by atoms with Gasteiger partial charge in [0.2, 0.25) is 0 Å². The van der Waals surface area contributed by atoms with E-state index in [0.717, 1.165) is 17.4 Å². The van der Waals surface area contributed by atoms with Crippen molar-refractivity contribution in [2.75, 3.05) is 20.2 Å². The van der Waals surface area contributed by atoms with Gasteiger partial charge < -0.3 is 14.2 Å². The van der Waals surface area contributed by atoms with Crippen LogP contribution in [0, 0.1) is 11.8 Å². The summed E-state index contributed by atoms with van der Waals surface area (Å²) in [4.78, 5) is 0. The van der Waals surface area contributed by atoms with Gasteiger partial charge in [0.05, 0.1) is 25.4 Å². The van der Waals surface area contributed by atoms with E-state index in [2.05, 4.69) is 55.9 Å². The first kappa shape index (κ1) is 14.7. The summed E-state index contributed by atoms with van der Waals surface area (Å²) in [5.74, 6) is 0.986. The lowest BCUT2D eigenvalue weighted by molar-refractivity contribution is -0.978. The van der Waals surface area contributed by atoms with Gasteiger partial charge in [0, 0.05) is 42.6 Å². The minimum atomic E-state index is 0.327. The van der Waals surface area contributed by atoms with E-state index in [0.29, 0.717) is 30.5 Å². The van der Waals surface area contributed by atoms with E-state index in [4.69, 9.17) is 0 Å². The van der Waals surface area contributed by atoms with Crippen LogP contribution < -0.4 is 0 Å². The molecular formula is C21H27N2O+. The Kier molecular flexibility index (Phi) is 2.91. The number of para-hydroxylation sites is 1. The number of fused-ring (bicyclic) bond motifs is 4. The Morgan fingerprint density at radius 3 is 2.88 bits per heavy atom. The molecule has 3 heteroatoms. The maximum atomic E-state index is 10.2. The third-order valence-electron chi connectivity index (χ3n) is 7.53. The van der Waals surface area contributed by atoms with Crippen molar-refractivity contribution in [3.8, 4) is 0 Å². The van der Waals surface area contributed by atoms with Crippen LogP contribution in [0.1, 0.15) is 30.6 Å². The van der Waals surface area contributed by atoms with E-state index < -0.39 is 0 Å². The quantitative estimate of drug-likeness (QED) is 0.633. The Balaban J connectivity index is 1.77. The highest BCUT2D eigenvalue weighted by atomic mass is 16.3. The molecule has 0 radical (unpaired) electrons. The number of aryl methyl sites for hydroxylation is 1. The van der Waals surface area contributed by atoms with Crippen LogP contribution in [-0.4, -0.2) is 40.4 Å². The average Bonchev–Trinajstić information content (AvgIpc) is 2.86. The Morgan fingerprint density at radius 1 is 1.33 bits per heavy atom. The number of allylic oxidation sites excluding steroid dienone is 1. The van der Waals surface area contributed by atoms with Crippen LogP contribution in [0.3, 0.4) is 0 Å². The van der Waals surface area contributed by atoms with E-state index in [1.54, 1.807) is 16.8 Å². The molecule has 2 aromatic rings. The molecule has 24 heavy (non-hydrogen) atoms. The molecule has 1 aromatic heterocycles. The van der Waals surface area contributed by atoms with Crippen molar-refractivity contribution in [1.29, 1.82) is 0 Å². The number of quaternary nitrogens is 1. The molecule has 5 heterocycles. The predicted octanol–water partition coefficient (Wildman–Crippen LogP) is 3.18. The second-order valence-corrected chi connectivity index (χ2v) is 8.28. The Labute approximate surface area is 143 Å². The summed E-state index contributed by atoms with van der Waals surface area (Å²) in [7, 11) is 4.69. The summed E-state index contributed by atoms with van der Waals surface area (Å²) in [6, 6.07) is 9.99. The lowest BCUT2D eigenvalue weighted by atomic mass is 9.62. The van der Waals surface area contributed by atoms with Gasteiger partial charge in [-0.3, -0.25) is 0 Å². The topological polar surface area (TPSA) is 25.2 Å². The highest BCUT2D eigenvalue weighted by Crippen LogP contribution is 2.58. The van der Waals surface area contributed by atoms with E-state index in [1.807, 2.05) is 0 Å². The number of rotatable bonds is 1. The predicted molar refractivity (Wildman–Crippen MR) is 96.6 cm³/mol. The molecule has 3 saturated heterocycles. The molecular weight excluding hydrogens is 296 g/mol. The number of nitrogens with zero attached hydrogens (tertiary/aromatic N) is 2. The first-order valence-electron chi connectivity index (χ1n) is 9.27. The van der Waals surface area contributed by atoms with Crippen LogP contribution in [0.25, 0.3) is 10.9 Å². The third kappa shape index (κ3) is 1.55. The summed E-state index contributed by atoms with van der Waals surface area (Å²) in [5, 5.41) is 11.6. The fourth-order valence-electron chi connectivity index (χ4n) is 6.40. The largest absolute Gasteiger partial charge is 0.396 e. The van der Waals surface area contributed by atoms with Crippen molar-refractivity contribution >= 4 is 10.9 Å². The molecule has 6 rings (SSSR count). The minimum Gasteiger partial charge on any atom is -0.396 e. The number of hydrogen-bond donors (Lipinski definition) is 1. The Bertz CT molecular complexity index is 864. The molecule has 1 aromatic carbocycles. The molecule has 0 aliphatic carbocycles. The molecule has 126 valence electrons. The van der Waals surface area contributed by atoms with Crippen molar-refractivity contribution in [3.63, 3.8) is 0 Å². The molecule has 4 aliphatic heterocycles. The van der Waals surface area contributed by atoms with E-state index in [9.17, 15) is 5.11 Å². The van der Waals surface area contributed by atoms with E-state index in [-0.39, 0.29) is 0 Å². The normalized spacial score (nSPS) is 38.8. The number of piperidine rings is 3. The van der Waals surface area contributed by atoms with Gasteiger partial charge in [-0.2, -0.15) is 0 Å². The van der Waals surface area contributed by atoms with Crippen molar-refractivity contribution < 1.29 is 9.59 Å². The highest BCUT2D eigenvalue weighted by Gasteiger charge is 2.61. The van der Waals surface area contributed by atoms with Gasteiger partial charge in [-0.1, -0.05) is 24.3 Å². The first-order chi connectivity index (χ1) is 11.6. The van der Waals surface area contributed by atoms with Gasteiger partial charge in [-0.25, -0.2) is 0 Å². The molecule has 0 amide bonds. The number of aliphatic hydroxyl groups is 1. The van der Waals surface area contributed by atoms with Gasteiger partial charge >= 0.3 is 0 Å². The number of likely N-dealkylation sites (N-methyl/N-ethyl adjacent to an activating group) is 1. The standard InChI is InChI=1S/C21H27N2O/c1-4-13-11-23(3)19-10-16-14-7-5-6-8-18(14)22(2)21(16)20(23)9-15(13)17(19)12-24/h4-8,15,17,19-20,24H,9-12H2,1-3H3/q+1. The van der Waals surface area contributed by atoms with Crippen LogP contribution in [0.2, 0.25) is 0 Å². The summed E-state index contributed by atoms with van der Waals surface area (Å²) in [5.41, 5.74) is 6.06. The second-order valence-electron chi connectivity index (χ2n) is 8.28. The summed E-state index contributed by atoms with van der Waals surface area (Å²) < 4.78 is 3.55. The van der Waals surface area contributed by atoms with Crippen LogP contribution in [0.5, 0.6) is 0 Å². The molecule has 1 N–H and O–H groups in total. The maximum Gasteiger partial charge on any atom is 0.131 e. The molecule has 5 unspecified atom stereocenters. The molecule has 3 nitrogen and oxygen atoms in total.